The van der Waals surface area contributed by atoms with E-state index in [1.807, 2.05) is 14.0 Å². The van der Waals surface area contributed by atoms with E-state index in [1.165, 1.54) is 12.5 Å². The molecule has 1 aliphatic rings. The summed E-state index contributed by atoms with van der Waals surface area (Å²) in [5.74, 6) is -0.460. The first-order chi connectivity index (χ1) is 14.0. The molecule has 9 heteroatoms. The summed E-state index contributed by atoms with van der Waals surface area (Å²) < 4.78 is 12.0. The lowest BCUT2D eigenvalue weighted by Crippen LogP contribution is -2.49. The third-order valence-electron chi connectivity index (χ3n) is 5.15. The van der Waals surface area contributed by atoms with Crippen LogP contribution in [-0.4, -0.2) is 64.3 Å². The molecular weight excluding hydrogens is 374 g/mol. The topological polar surface area (TPSA) is 93.7 Å². The van der Waals surface area contributed by atoms with Crippen molar-refractivity contribution in [2.75, 3.05) is 37.7 Å². The molecular formula is C20H23N5O4. The van der Waals surface area contributed by atoms with Crippen LogP contribution in [0.5, 0.6) is 0 Å². The maximum Gasteiger partial charge on any atom is 0.341 e. The number of nitrogens with zero attached hydrogens (tertiary/aromatic N) is 5. The molecule has 3 aromatic rings. The molecule has 4 heterocycles. The van der Waals surface area contributed by atoms with Crippen LogP contribution in [0.3, 0.4) is 0 Å². The standard InChI is InChI=1S/C20H23N5O4/c1-4-29-20(27)15-11-21-18-16(13(2)22-23(18)3)17(15)24-6-8-25(9-7-24)19(26)14-5-10-28-12-14/h5,10-12H,4,6-9H2,1-3H3. The van der Waals surface area contributed by atoms with Crippen molar-refractivity contribution in [2.24, 2.45) is 7.05 Å². The van der Waals surface area contributed by atoms with Crippen LogP contribution >= 0.6 is 0 Å². The summed E-state index contributed by atoms with van der Waals surface area (Å²) in [4.78, 5) is 33.5. The number of aryl methyl sites for hydroxylation is 2. The van der Waals surface area contributed by atoms with Crippen molar-refractivity contribution in [3.63, 3.8) is 0 Å². The van der Waals surface area contributed by atoms with Crippen LogP contribution < -0.4 is 4.90 Å². The van der Waals surface area contributed by atoms with Crippen molar-refractivity contribution in [2.45, 2.75) is 13.8 Å². The van der Waals surface area contributed by atoms with Gasteiger partial charge in [-0.3, -0.25) is 9.48 Å². The average Bonchev–Trinajstić information content (AvgIpc) is 3.36. The molecule has 9 nitrogen and oxygen atoms in total. The first kappa shape index (κ1) is 19.0. The van der Waals surface area contributed by atoms with Crippen LogP contribution in [0.1, 0.15) is 33.3 Å². The largest absolute Gasteiger partial charge is 0.472 e. The number of anilines is 1. The van der Waals surface area contributed by atoms with E-state index in [9.17, 15) is 9.59 Å². The van der Waals surface area contributed by atoms with Gasteiger partial charge in [-0.15, -0.1) is 0 Å². The van der Waals surface area contributed by atoms with E-state index in [0.29, 0.717) is 43.0 Å². The number of aromatic nitrogens is 3. The van der Waals surface area contributed by atoms with E-state index >= 15 is 0 Å². The van der Waals surface area contributed by atoms with Crippen molar-refractivity contribution >= 4 is 28.6 Å². The summed E-state index contributed by atoms with van der Waals surface area (Å²) in [5, 5.41) is 5.31. The minimum atomic E-state index is -0.406. The van der Waals surface area contributed by atoms with E-state index in [4.69, 9.17) is 9.15 Å². The predicted octanol–water partition coefficient (Wildman–Crippen LogP) is 2.01. The van der Waals surface area contributed by atoms with E-state index in [-0.39, 0.29) is 12.5 Å². The van der Waals surface area contributed by atoms with E-state index in [0.717, 1.165) is 16.8 Å². The van der Waals surface area contributed by atoms with Gasteiger partial charge in [0.2, 0.25) is 0 Å². The molecule has 0 aliphatic carbocycles. The Balaban J connectivity index is 1.67. The number of amides is 1. The highest BCUT2D eigenvalue weighted by molar-refractivity contribution is 6.05. The Kier molecular flexibility index (Phi) is 4.96. The molecule has 0 N–H and O–H groups in total. The maximum absolute atomic E-state index is 12.6. The highest BCUT2D eigenvalue weighted by Gasteiger charge is 2.29. The number of ether oxygens (including phenoxy) is 1. The molecule has 1 amide bonds. The van der Waals surface area contributed by atoms with Crippen molar-refractivity contribution in [1.82, 2.24) is 19.7 Å². The van der Waals surface area contributed by atoms with Gasteiger partial charge in [0.1, 0.15) is 11.8 Å². The fraction of sp³-hybridized carbons (Fsp3) is 0.400. The van der Waals surface area contributed by atoms with Crippen LogP contribution in [0.2, 0.25) is 0 Å². The first-order valence-corrected chi connectivity index (χ1v) is 9.57. The Labute approximate surface area is 167 Å². The summed E-state index contributed by atoms with van der Waals surface area (Å²) in [5.41, 5.74) is 3.25. The molecule has 1 saturated heterocycles. The van der Waals surface area contributed by atoms with Gasteiger partial charge in [-0.2, -0.15) is 5.10 Å². The summed E-state index contributed by atoms with van der Waals surface area (Å²) in [6, 6.07) is 1.67. The third-order valence-corrected chi connectivity index (χ3v) is 5.15. The highest BCUT2D eigenvalue weighted by atomic mass is 16.5. The summed E-state index contributed by atoms with van der Waals surface area (Å²) in [6.45, 7) is 6.22. The Bertz CT molecular complexity index is 1050. The van der Waals surface area contributed by atoms with Gasteiger partial charge in [-0.05, 0) is 19.9 Å². The van der Waals surface area contributed by atoms with Crippen molar-refractivity contribution in [1.29, 1.82) is 0 Å². The van der Waals surface area contributed by atoms with Crippen LogP contribution in [0.15, 0.2) is 29.2 Å². The van der Waals surface area contributed by atoms with Gasteiger partial charge in [-0.1, -0.05) is 0 Å². The van der Waals surface area contributed by atoms with Gasteiger partial charge in [-0.25, -0.2) is 9.78 Å². The van der Waals surface area contributed by atoms with Gasteiger partial charge in [0.15, 0.2) is 5.65 Å². The Morgan fingerprint density at radius 3 is 2.66 bits per heavy atom. The minimum absolute atomic E-state index is 0.0542. The fourth-order valence-electron chi connectivity index (χ4n) is 3.78. The van der Waals surface area contributed by atoms with Crippen LogP contribution in [-0.2, 0) is 11.8 Å². The fourth-order valence-corrected chi connectivity index (χ4v) is 3.78. The summed E-state index contributed by atoms with van der Waals surface area (Å²) in [6.07, 6.45) is 4.51. The van der Waals surface area contributed by atoms with Crippen LogP contribution in [0.4, 0.5) is 5.69 Å². The number of pyridine rings is 1. The lowest BCUT2D eigenvalue weighted by atomic mass is 10.1. The number of rotatable bonds is 4. The number of furan rings is 1. The number of hydrogen-bond donors (Lipinski definition) is 0. The van der Waals surface area contributed by atoms with Gasteiger partial charge in [0.05, 0.1) is 35.2 Å². The second-order valence-corrected chi connectivity index (χ2v) is 6.94. The quantitative estimate of drug-likeness (QED) is 0.622. The van der Waals surface area contributed by atoms with E-state index in [1.54, 1.807) is 28.8 Å². The van der Waals surface area contributed by atoms with E-state index < -0.39 is 5.97 Å². The molecule has 152 valence electrons. The zero-order valence-corrected chi connectivity index (χ0v) is 16.7. The molecule has 0 bridgehead atoms. The minimum Gasteiger partial charge on any atom is -0.472 e. The molecule has 1 fully saturated rings. The molecule has 0 aromatic carbocycles. The third kappa shape index (κ3) is 3.32. The lowest BCUT2D eigenvalue weighted by Gasteiger charge is -2.36. The van der Waals surface area contributed by atoms with Gasteiger partial charge in [0.25, 0.3) is 5.91 Å². The SMILES string of the molecule is CCOC(=O)c1cnc2c(c(C)nn2C)c1N1CCN(C(=O)c2ccoc2)CC1. The van der Waals surface area contributed by atoms with Crippen molar-refractivity contribution in [3.8, 4) is 0 Å². The lowest BCUT2D eigenvalue weighted by molar-refractivity contribution is 0.0525. The normalized spacial score (nSPS) is 14.4. The zero-order chi connectivity index (χ0) is 20.5. The number of fused-ring (bicyclic) bond motifs is 1. The summed E-state index contributed by atoms with van der Waals surface area (Å²) in [7, 11) is 1.83. The molecule has 3 aromatic heterocycles. The molecule has 0 atom stereocenters. The van der Waals surface area contributed by atoms with Crippen molar-refractivity contribution in [3.05, 3.63) is 41.6 Å². The number of hydrogen-bond acceptors (Lipinski definition) is 7. The Hall–Kier alpha value is -3.36. The van der Waals surface area contributed by atoms with Crippen molar-refractivity contribution < 1.29 is 18.7 Å². The van der Waals surface area contributed by atoms with Crippen LogP contribution in [0.25, 0.3) is 11.0 Å². The Morgan fingerprint density at radius 1 is 1.24 bits per heavy atom. The van der Waals surface area contributed by atoms with E-state index in [2.05, 4.69) is 15.0 Å². The number of esters is 1. The molecule has 0 spiro atoms. The highest BCUT2D eigenvalue weighted by Crippen LogP contribution is 2.33. The molecule has 29 heavy (non-hydrogen) atoms. The number of piperazine rings is 1. The van der Waals surface area contributed by atoms with Crippen LogP contribution in [0, 0.1) is 6.92 Å². The second-order valence-electron chi connectivity index (χ2n) is 6.94. The second kappa shape index (κ2) is 7.57. The van der Waals surface area contributed by atoms with Gasteiger partial charge < -0.3 is 19.0 Å². The average molecular weight is 397 g/mol. The van der Waals surface area contributed by atoms with Gasteiger partial charge in [0, 0.05) is 39.4 Å². The number of carbonyl (C=O) groups is 2. The number of carbonyl (C=O) groups excluding carboxylic acids is 2. The zero-order valence-electron chi connectivity index (χ0n) is 16.7. The molecule has 0 saturated carbocycles. The first-order valence-electron chi connectivity index (χ1n) is 9.57. The smallest absolute Gasteiger partial charge is 0.341 e. The Morgan fingerprint density at radius 2 is 2.00 bits per heavy atom. The molecule has 0 radical (unpaired) electrons. The summed E-state index contributed by atoms with van der Waals surface area (Å²) >= 11 is 0. The molecule has 1 aliphatic heterocycles. The predicted molar refractivity (Wildman–Crippen MR) is 106 cm³/mol. The molecule has 0 unspecified atom stereocenters. The van der Waals surface area contributed by atoms with Gasteiger partial charge >= 0.3 is 5.97 Å². The monoisotopic (exact) mass is 397 g/mol. The maximum atomic E-state index is 12.6. The molecule has 4 rings (SSSR count).